The first kappa shape index (κ1) is 20.4. The lowest BCUT2D eigenvalue weighted by Crippen LogP contribution is -2.50. The van der Waals surface area contributed by atoms with Crippen molar-refractivity contribution in [2.45, 2.75) is 83.3 Å². The second-order valence-corrected chi connectivity index (χ2v) is 15.2. The summed E-state index contributed by atoms with van der Waals surface area (Å²) in [5.74, 6) is 0.796. The van der Waals surface area contributed by atoms with Crippen LogP contribution in [0.15, 0.2) is 17.5 Å². The summed E-state index contributed by atoms with van der Waals surface area (Å²) < 4.78 is 8.10. The first-order valence-corrected chi connectivity index (χ1v) is 13.1. The monoisotopic (exact) mass is 404 g/mol. The summed E-state index contributed by atoms with van der Waals surface area (Å²) in [5.41, 5.74) is 3.85. The number of fused-ring (bicyclic) bond motifs is 1. The molecular weight excluding hydrogens is 372 g/mol. The van der Waals surface area contributed by atoms with Crippen LogP contribution in [0.3, 0.4) is 0 Å². The number of benzene rings is 1. The lowest BCUT2D eigenvalue weighted by Gasteiger charge is -2.42. The van der Waals surface area contributed by atoms with E-state index in [0.717, 1.165) is 11.3 Å². The minimum Gasteiger partial charge on any atom is -0.543 e. The average molecular weight is 405 g/mol. The van der Waals surface area contributed by atoms with Crippen molar-refractivity contribution in [2.24, 2.45) is 0 Å². The minimum atomic E-state index is -2.00. The van der Waals surface area contributed by atoms with Gasteiger partial charge >= 0.3 is 5.97 Å². The lowest BCUT2D eigenvalue weighted by atomic mass is 10.0. The van der Waals surface area contributed by atoms with Crippen molar-refractivity contribution in [3.63, 3.8) is 0 Å². The molecule has 0 amide bonds. The summed E-state index contributed by atoms with van der Waals surface area (Å²) in [6, 6.07) is 4.39. The summed E-state index contributed by atoms with van der Waals surface area (Å²) in [6.45, 7) is 13.8. The topological polar surface area (TPSA) is 46.5 Å². The van der Waals surface area contributed by atoms with E-state index < -0.39 is 14.3 Å². The van der Waals surface area contributed by atoms with Crippen LogP contribution in [0, 0.1) is 0 Å². The summed E-state index contributed by atoms with van der Waals surface area (Å²) in [7, 11) is -2.00. The largest absolute Gasteiger partial charge is 0.543 e. The van der Waals surface area contributed by atoms with E-state index in [4.69, 9.17) is 4.43 Å². The number of rotatable bonds is 8. The SMILES string of the molecule is CC(C)[Si](Oc1cc(C2CC2)c2c(CC(=O)O)csc2c1)(C(C)C)C(C)C. The molecule has 0 radical (unpaired) electrons. The fourth-order valence-corrected chi connectivity index (χ4v) is 11.1. The molecule has 3 rings (SSSR count). The van der Waals surface area contributed by atoms with E-state index in [1.165, 1.54) is 28.5 Å². The van der Waals surface area contributed by atoms with Crippen LogP contribution >= 0.6 is 11.3 Å². The predicted molar refractivity (Wildman–Crippen MR) is 117 cm³/mol. The van der Waals surface area contributed by atoms with Gasteiger partial charge in [0.1, 0.15) is 5.75 Å². The van der Waals surface area contributed by atoms with Gasteiger partial charge in [-0.25, -0.2) is 0 Å². The lowest BCUT2D eigenvalue weighted by molar-refractivity contribution is -0.136. The molecule has 3 nitrogen and oxygen atoms in total. The fraction of sp³-hybridized carbons (Fsp3) is 0.591. The molecule has 0 saturated heterocycles. The summed E-state index contributed by atoms with van der Waals surface area (Å²) in [6.07, 6.45) is 2.49. The van der Waals surface area contributed by atoms with Crippen LogP contribution < -0.4 is 4.43 Å². The molecule has 2 aromatic rings. The Morgan fingerprint density at radius 2 is 1.74 bits per heavy atom. The number of carboxylic acid groups (broad SMARTS) is 1. The van der Waals surface area contributed by atoms with Crippen molar-refractivity contribution in [1.82, 2.24) is 0 Å². The maximum absolute atomic E-state index is 11.3. The molecule has 1 aliphatic rings. The molecule has 0 unspecified atom stereocenters. The Morgan fingerprint density at radius 1 is 1.15 bits per heavy atom. The van der Waals surface area contributed by atoms with E-state index in [1.54, 1.807) is 11.3 Å². The van der Waals surface area contributed by atoms with Crippen LogP contribution in [-0.4, -0.2) is 19.4 Å². The number of hydrogen-bond acceptors (Lipinski definition) is 3. The molecule has 1 aliphatic carbocycles. The first-order chi connectivity index (χ1) is 12.7. The van der Waals surface area contributed by atoms with Crippen molar-refractivity contribution in [2.75, 3.05) is 0 Å². The highest BCUT2D eigenvalue weighted by Crippen LogP contribution is 2.49. The Balaban J connectivity index is 2.09. The Labute approximate surface area is 167 Å². The molecule has 1 heterocycles. The van der Waals surface area contributed by atoms with E-state index >= 15 is 0 Å². The molecule has 1 N–H and O–H groups in total. The summed E-state index contributed by atoms with van der Waals surface area (Å²) in [4.78, 5) is 11.3. The Morgan fingerprint density at radius 3 is 2.22 bits per heavy atom. The van der Waals surface area contributed by atoms with E-state index in [1.807, 2.05) is 5.38 Å². The number of aliphatic carboxylic acids is 1. The van der Waals surface area contributed by atoms with E-state index in [-0.39, 0.29) is 6.42 Å². The second-order valence-electron chi connectivity index (χ2n) is 8.91. The number of carboxylic acids is 1. The van der Waals surface area contributed by atoms with Crippen LogP contribution in [0.1, 0.15) is 71.4 Å². The van der Waals surface area contributed by atoms with Gasteiger partial charge in [0.25, 0.3) is 8.32 Å². The zero-order valence-electron chi connectivity index (χ0n) is 17.3. The van der Waals surface area contributed by atoms with Crippen LogP contribution in [0.4, 0.5) is 0 Å². The molecule has 1 fully saturated rings. The molecule has 1 saturated carbocycles. The summed E-state index contributed by atoms with van der Waals surface area (Å²) in [5, 5.41) is 12.5. The number of hydrogen-bond donors (Lipinski definition) is 1. The van der Waals surface area contributed by atoms with Crippen molar-refractivity contribution < 1.29 is 14.3 Å². The van der Waals surface area contributed by atoms with E-state index in [9.17, 15) is 9.90 Å². The third kappa shape index (κ3) is 3.81. The van der Waals surface area contributed by atoms with Gasteiger partial charge in [0.05, 0.1) is 6.42 Å². The molecule has 0 spiro atoms. The highest BCUT2D eigenvalue weighted by molar-refractivity contribution is 7.17. The highest BCUT2D eigenvalue weighted by atomic mass is 32.1. The smallest absolute Gasteiger partial charge is 0.307 e. The van der Waals surface area contributed by atoms with Crippen molar-refractivity contribution in [3.05, 3.63) is 28.6 Å². The fourth-order valence-electron chi connectivity index (χ4n) is 4.87. The van der Waals surface area contributed by atoms with Gasteiger partial charge in [-0.15, -0.1) is 11.3 Å². The molecular formula is C22H32O3SSi. The molecule has 1 aromatic carbocycles. The zero-order valence-corrected chi connectivity index (χ0v) is 19.2. The Hall–Kier alpha value is -1.33. The van der Waals surface area contributed by atoms with Crippen molar-refractivity contribution in [1.29, 1.82) is 0 Å². The maximum Gasteiger partial charge on any atom is 0.307 e. The van der Waals surface area contributed by atoms with Gasteiger partial charge in [-0.1, -0.05) is 41.5 Å². The van der Waals surface area contributed by atoms with Crippen molar-refractivity contribution >= 4 is 35.7 Å². The molecule has 0 bridgehead atoms. The first-order valence-electron chi connectivity index (χ1n) is 10.1. The third-order valence-corrected chi connectivity index (χ3v) is 13.1. The van der Waals surface area contributed by atoms with Crippen molar-refractivity contribution in [3.8, 4) is 5.75 Å². The van der Waals surface area contributed by atoms with Crippen LogP contribution in [0.25, 0.3) is 10.1 Å². The van der Waals surface area contributed by atoms with Gasteiger partial charge in [-0.05, 0) is 69.4 Å². The number of carbonyl (C=O) groups is 1. The van der Waals surface area contributed by atoms with E-state index in [0.29, 0.717) is 22.5 Å². The van der Waals surface area contributed by atoms with Gasteiger partial charge in [0, 0.05) is 4.70 Å². The minimum absolute atomic E-state index is 0.0998. The Kier molecular flexibility index (Phi) is 5.73. The number of thiophene rings is 1. The van der Waals surface area contributed by atoms with Crippen LogP contribution in [0.2, 0.25) is 16.6 Å². The van der Waals surface area contributed by atoms with Gasteiger partial charge in [0.2, 0.25) is 0 Å². The van der Waals surface area contributed by atoms with Crippen LogP contribution in [0.5, 0.6) is 5.75 Å². The van der Waals surface area contributed by atoms with Gasteiger partial charge in [-0.2, -0.15) is 0 Å². The van der Waals surface area contributed by atoms with E-state index in [2.05, 4.69) is 53.7 Å². The maximum atomic E-state index is 11.3. The predicted octanol–water partition coefficient (Wildman–Crippen LogP) is 6.96. The Bertz CT molecular complexity index is 812. The zero-order chi connectivity index (χ0) is 19.9. The van der Waals surface area contributed by atoms with Gasteiger partial charge in [-0.3, -0.25) is 4.79 Å². The van der Waals surface area contributed by atoms with Crippen LogP contribution in [-0.2, 0) is 11.2 Å². The van der Waals surface area contributed by atoms with Gasteiger partial charge in [0.15, 0.2) is 0 Å². The molecule has 5 heteroatoms. The second kappa shape index (κ2) is 7.59. The quantitative estimate of drug-likeness (QED) is 0.484. The highest BCUT2D eigenvalue weighted by Gasteiger charge is 2.47. The summed E-state index contributed by atoms with van der Waals surface area (Å²) >= 11 is 1.65. The standard InChI is InChI=1S/C22H32O3SSi/c1-13(2)27(14(3)4,15(5)6)25-18-10-19(16-7-8-16)22-17(9-21(23)24)12-26-20(22)11-18/h10-16H,7-9H2,1-6H3,(H,23,24). The third-order valence-electron chi connectivity index (χ3n) is 6.12. The average Bonchev–Trinajstić information content (AvgIpc) is 3.33. The molecule has 27 heavy (non-hydrogen) atoms. The normalized spacial score (nSPS) is 15.3. The molecule has 1 aromatic heterocycles. The molecule has 0 aliphatic heterocycles. The molecule has 0 atom stereocenters. The molecule has 148 valence electrons. The van der Waals surface area contributed by atoms with Gasteiger partial charge < -0.3 is 9.53 Å².